The van der Waals surface area contributed by atoms with Crippen LogP contribution in [0, 0.1) is 5.92 Å². The first-order valence-corrected chi connectivity index (χ1v) is 11.3. The van der Waals surface area contributed by atoms with Crippen LogP contribution in [0.15, 0.2) is 48.5 Å². The molecule has 1 atom stereocenters. The summed E-state index contributed by atoms with van der Waals surface area (Å²) in [5, 5.41) is 0. The lowest BCUT2D eigenvalue weighted by atomic mass is 10.1. The molecular weight excluding hydrogens is 392 g/mol. The minimum Gasteiger partial charge on any atom is -0.494 e. The molecular formula is C26H34O5. The van der Waals surface area contributed by atoms with Gasteiger partial charge in [-0.05, 0) is 60.9 Å². The third-order valence-electron chi connectivity index (χ3n) is 5.10. The molecule has 0 spiro atoms. The Morgan fingerprint density at radius 3 is 1.97 bits per heavy atom. The number of rotatable bonds is 13. The molecule has 2 aromatic carbocycles. The Morgan fingerprint density at radius 2 is 1.35 bits per heavy atom. The van der Waals surface area contributed by atoms with E-state index < -0.39 is 5.97 Å². The van der Waals surface area contributed by atoms with E-state index in [9.17, 15) is 9.59 Å². The highest BCUT2D eigenvalue weighted by Crippen LogP contribution is 2.18. The number of carbonyl (C=O) groups excluding carboxylic acids is 2. The average molecular weight is 427 g/mol. The van der Waals surface area contributed by atoms with Crippen molar-refractivity contribution in [3.8, 4) is 11.5 Å². The molecule has 1 unspecified atom stereocenters. The van der Waals surface area contributed by atoms with Gasteiger partial charge in [0.05, 0.1) is 24.3 Å². The van der Waals surface area contributed by atoms with E-state index in [4.69, 9.17) is 14.2 Å². The van der Waals surface area contributed by atoms with Gasteiger partial charge in [-0.1, -0.05) is 52.9 Å². The fourth-order valence-electron chi connectivity index (χ4n) is 2.83. The Kier molecular flexibility index (Phi) is 10.6. The number of benzene rings is 2. The molecule has 168 valence electrons. The van der Waals surface area contributed by atoms with Crippen molar-refractivity contribution in [3.63, 3.8) is 0 Å². The van der Waals surface area contributed by atoms with Gasteiger partial charge < -0.3 is 14.2 Å². The van der Waals surface area contributed by atoms with Crippen molar-refractivity contribution in [1.29, 1.82) is 0 Å². The summed E-state index contributed by atoms with van der Waals surface area (Å²) >= 11 is 0. The van der Waals surface area contributed by atoms with Crippen LogP contribution in [0.4, 0.5) is 0 Å². The number of esters is 2. The first-order valence-electron chi connectivity index (χ1n) is 11.3. The van der Waals surface area contributed by atoms with Crippen molar-refractivity contribution in [3.05, 3.63) is 59.7 Å². The monoisotopic (exact) mass is 426 g/mol. The third kappa shape index (κ3) is 8.83. The summed E-state index contributed by atoms with van der Waals surface area (Å²) < 4.78 is 16.4. The van der Waals surface area contributed by atoms with Crippen LogP contribution in [-0.4, -0.2) is 25.2 Å². The molecule has 0 N–H and O–H groups in total. The van der Waals surface area contributed by atoms with E-state index in [-0.39, 0.29) is 5.97 Å². The van der Waals surface area contributed by atoms with Gasteiger partial charge in [-0.3, -0.25) is 0 Å². The van der Waals surface area contributed by atoms with Crippen molar-refractivity contribution in [1.82, 2.24) is 0 Å². The maximum atomic E-state index is 12.4. The highest BCUT2D eigenvalue weighted by molar-refractivity contribution is 5.92. The quantitative estimate of drug-likeness (QED) is 0.209. The van der Waals surface area contributed by atoms with Crippen LogP contribution in [-0.2, 0) is 4.74 Å². The van der Waals surface area contributed by atoms with Crippen LogP contribution in [0.5, 0.6) is 11.5 Å². The SMILES string of the molecule is CCCCCCCOc1ccc(C(=O)Oc2ccc(C(=O)OCC(C)CC)cc2)cc1. The Balaban J connectivity index is 1.80. The molecule has 31 heavy (non-hydrogen) atoms. The molecule has 5 heteroatoms. The zero-order chi connectivity index (χ0) is 22.5. The summed E-state index contributed by atoms with van der Waals surface area (Å²) in [6.07, 6.45) is 6.89. The Bertz CT molecular complexity index is 796. The van der Waals surface area contributed by atoms with Gasteiger partial charge in [0.1, 0.15) is 11.5 Å². The second kappa shape index (κ2) is 13.5. The Labute approximate surface area is 185 Å². The molecule has 0 aliphatic heterocycles. The second-order valence-corrected chi connectivity index (χ2v) is 7.81. The van der Waals surface area contributed by atoms with Crippen LogP contribution >= 0.6 is 0 Å². The van der Waals surface area contributed by atoms with Gasteiger partial charge in [-0.15, -0.1) is 0 Å². The number of carbonyl (C=O) groups is 2. The maximum absolute atomic E-state index is 12.4. The standard InChI is InChI=1S/C26H34O5/c1-4-6-7-8-9-18-29-23-14-10-22(11-15-23)26(28)31-24-16-12-21(13-17-24)25(27)30-19-20(3)5-2/h10-17,20H,4-9,18-19H2,1-3H3. The van der Waals surface area contributed by atoms with Crippen LogP contribution < -0.4 is 9.47 Å². The summed E-state index contributed by atoms with van der Waals surface area (Å²) in [6, 6.07) is 13.3. The van der Waals surface area contributed by atoms with Crippen LogP contribution in [0.25, 0.3) is 0 Å². The lowest BCUT2D eigenvalue weighted by molar-refractivity contribution is 0.0447. The largest absolute Gasteiger partial charge is 0.494 e. The van der Waals surface area contributed by atoms with E-state index in [2.05, 4.69) is 13.8 Å². The number of ether oxygens (including phenoxy) is 3. The van der Waals surface area contributed by atoms with E-state index >= 15 is 0 Å². The van der Waals surface area contributed by atoms with Crippen molar-refractivity contribution < 1.29 is 23.8 Å². The zero-order valence-corrected chi connectivity index (χ0v) is 18.9. The molecule has 2 rings (SSSR count). The summed E-state index contributed by atoms with van der Waals surface area (Å²) in [5.41, 5.74) is 0.867. The normalized spacial score (nSPS) is 11.6. The fraction of sp³-hybridized carbons (Fsp3) is 0.462. The van der Waals surface area contributed by atoms with E-state index in [1.807, 2.05) is 6.92 Å². The molecule has 0 saturated carbocycles. The van der Waals surface area contributed by atoms with Gasteiger partial charge in [-0.2, -0.15) is 0 Å². The predicted molar refractivity (Wildman–Crippen MR) is 122 cm³/mol. The van der Waals surface area contributed by atoms with Gasteiger partial charge in [0.2, 0.25) is 0 Å². The van der Waals surface area contributed by atoms with E-state index in [0.29, 0.717) is 36.0 Å². The van der Waals surface area contributed by atoms with Crippen molar-refractivity contribution in [2.45, 2.75) is 59.3 Å². The summed E-state index contributed by atoms with van der Waals surface area (Å²) in [6.45, 7) is 7.36. The number of hydrogen-bond acceptors (Lipinski definition) is 5. The molecule has 0 fully saturated rings. The van der Waals surface area contributed by atoms with Crippen molar-refractivity contribution in [2.75, 3.05) is 13.2 Å². The first kappa shape index (κ1) is 24.4. The molecule has 0 heterocycles. The molecule has 5 nitrogen and oxygen atoms in total. The molecule has 0 aromatic heterocycles. The van der Waals surface area contributed by atoms with Crippen LogP contribution in [0.1, 0.15) is 80.0 Å². The van der Waals surface area contributed by atoms with E-state index in [0.717, 1.165) is 18.6 Å². The van der Waals surface area contributed by atoms with Gasteiger partial charge in [0.25, 0.3) is 0 Å². The minimum atomic E-state index is -0.460. The highest BCUT2D eigenvalue weighted by atomic mass is 16.5. The minimum absolute atomic E-state index is 0.326. The first-order chi connectivity index (χ1) is 15.0. The second-order valence-electron chi connectivity index (χ2n) is 7.81. The lowest BCUT2D eigenvalue weighted by Crippen LogP contribution is -2.12. The Morgan fingerprint density at radius 1 is 0.774 bits per heavy atom. The van der Waals surface area contributed by atoms with E-state index in [1.54, 1.807) is 48.5 Å². The average Bonchev–Trinajstić information content (AvgIpc) is 2.80. The number of unbranched alkanes of at least 4 members (excludes halogenated alkanes) is 4. The molecule has 0 aliphatic carbocycles. The van der Waals surface area contributed by atoms with Crippen LogP contribution in [0.2, 0.25) is 0 Å². The highest BCUT2D eigenvalue weighted by Gasteiger charge is 2.12. The predicted octanol–water partition coefficient (Wildman–Crippen LogP) is 6.46. The summed E-state index contributed by atoms with van der Waals surface area (Å²) in [4.78, 5) is 24.4. The van der Waals surface area contributed by atoms with E-state index in [1.165, 1.54) is 25.7 Å². The lowest BCUT2D eigenvalue weighted by Gasteiger charge is -2.10. The molecule has 0 radical (unpaired) electrons. The van der Waals surface area contributed by atoms with Crippen molar-refractivity contribution >= 4 is 11.9 Å². The molecule has 0 amide bonds. The smallest absolute Gasteiger partial charge is 0.343 e. The number of hydrogen-bond donors (Lipinski definition) is 0. The zero-order valence-electron chi connectivity index (χ0n) is 18.9. The van der Waals surface area contributed by atoms with Crippen LogP contribution in [0.3, 0.4) is 0 Å². The van der Waals surface area contributed by atoms with Gasteiger partial charge in [0, 0.05) is 0 Å². The summed E-state index contributed by atoms with van der Waals surface area (Å²) in [5.74, 6) is 0.604. The third-order valence-corrected chi connectivity index (χ3v) is 5.10. The fourth-order valence-corrected chi connectivity index (χ4v) is 2.83. The van der Waals surface area contributed by atoms with Crippen molar-refractivity contribution in [2.24, 2.45) is 5.92 Å². The maximum Gasteiger partial charge on any atom is 0.343 e. The molecule has 0 bridgehead atoms. The molecule has 0 aliphatic rings. The van der Waals surface area contributed by atoms with Gasteiger partial charge in [-0.25, -0.2) is 9.59 Å². The van der Waals surface area contributed by atoms with Gasteiger partial charge in [0.15, 0.2) is 0 Å². The molecule has 0 saturated heterocycles. The van der Waals surface area contributed by atoms with Gasteiger partial charge >= 0.3 is 11.9 Å². The topological polar surface area (TPSA) is 61.8 Å². The Hall–Kier alpha value is -2.82. The molecule has 2 aromatic rings. The summed E-state index contributed by atoms with van der Waals surface area (Å²) in [7, 11) is 0.